The predicted molar refractivity (Wildman–Crippen MR) is 41.2 cm³/mol. The fourth-order valence-electron chi connectivity index (χ4n) is 0.614. The Hall–Kier alpha value is -0.860. The number of ketones is 1. The van der Waals surface area contributed by atoms with Crippen LogP contribution in [0.25, 0.3) is 0 Å². The Morgan fingerprint density at radius 2 is 1.91 bits per heavy atom. The molecule has 0 spiro atoms. The first-order chi connectivity index (χ1) is 5.20. The molecule has 0 N–H and O–H groups in total. The van der Waals surface area contributed by atoms with Crippen molar-refractivity contribution in [1.82, 2.24) is 0 Å². The van der Waals surface area contributed by atoms with Gasteiger partial charge in [0.25, 0.3) is 0 Å². The van der Waals surface area contributed by atoms with Crippen LogP contribution in [0, 0.1) is 0 Å². The van der Waals surface area contributed by atoms with E-state index in [1.807, 2.05) is 6.92 Å². The molecule has 0 saturated heterocycles. The summed E-state index contributed by atoms with van der Waals surface area (Å²) < 4.78 is 4.62. The molecule has 0 aromatic heterocycles. The summed E-state index contributed by atoms with van der Waals surface area (Å²) in [5.41, 5.74) is 0. The second kappa shape index (κ2) is 5.89. The molecule has 0 saturated carbocycles. The Morgan fingerprint density at radius 1 is 1.27 bits per heavy atom. The monoisotopic (exact) mass is 158 g/mol. The summed E-state index contributed by atoms with van der Waals surface area (Å²) in [5, 5.41) is 0. The maximum absolute atomic E-state index is 10.8. The lowest BCUT2D eigenvalue weighted by molar-refractivity contribution is -0.147. The summed E-state index contributed by atoms with van der Waals surface area (Å²) in [5.74, 6) is -0.316. The number of esters is 1. The van der Waals surface area contributed by atoms with Crippen molar-refractivity contribution in [2.75, 3.05) is 6.61 Å². The number of Topliss-reactive ketones (excluding diaryl/α,β-unsaturated/α-hetero) is 1. The Morgan fingerprint density at radius 3 is 2.36 bits per heavy atom. The van der Waals surface area contributed by atoms with Crippen LogP contribution in [-0.2, 0) is 14.3 Å². The number of hydrogen-bond donors (Lipinski definition) is 0. The number of carbonyl (C=O) groups is 2. The number of carbonyl (C=O) groups excluding carboxylic acids is 2. The van der Waals surface area contributed by atoms with Gasteiger partial charge in [0.2, 0.25) is 0 Å². The summed E-state index contributed by atoms with van der Waals surface area (Å²) in [6.07, 6.45) is 1.64. The van der Waals surface area contributed by atoms with E-state index in [-0.39, 0.29) is 18.4 Å². The van der Waals surface area contributed by atoms with Gasteiger partial charge < -0.3 is 4.74 Å². The zero-order valence-corrected chi connectivity index (χ0v) is 7.05. The standard InChI is InChI=1S/C8H14O3/c1-3-5-7(9)6-11-8(10)4-2/h3-6H2,1-2H3. The second-order valence-electron chi connectivity index (χ2n) is 2.30. The van der Waals surface area contributed by atoms with Crippen LogP contribution in [0.1, 0.15) is 33.1 Å². The molecule has 0 aliphatic carbocycles. The van der Waals surface area contributed by atoms with E-state index in [1.165, 1.54) is 0 Å². The Bertz CT molecular complexity index is 140. The topological polar surface area (TPSA) is 43.4 Å². The maximum Gasteiger partial charge on any atom is 0.305 e. The van der Waals surface area contributed by atoms with E-state index in [0.29, 0.717) is 12.8 Å². The molecule has 0 aromatic carbocycles. The first kappa shape index (κ1) is 10.1. The maximum atomic E-state index is 10.8. The van der Waals surface area contributed by atoms with Crippen LogP contribution in [0.4, 0.5) is 0 Å². The first-order valence-corrected chi connectivity index (χ1v) is 3.88. The minimum atomic E-state index is -0.311. The molecule has 0 heterocycles. The highest BCUT2D eigenvalue weighted by Crippen LogP contribution is 1.91. The molecule has 0 aromatic rings. The van der Waals surface area contributed by atoms with Gasteiger partial charge in [0.05, 0.1) is 0 Å². The van der Waals surface area contributed by atoms with Crippen LogP contribution in [0.3, 0.4) is 0 Å². The highest BCUT2D eigenvalue weighted by molar-refractivity contribution is 5.82. The van der Waals surface area contributed by atoms with Crippen LogP contribution in [0.2, 0.25) is 0 Å². The molecular weight excluding hydrogens is 144 g/mol. The van der Waals surface area contributed by atoms with Crippen molar-refractivity contribution in [1.29, 1.82) is 0 Å². The molecule has 0 bridgehead atoms. The van der Waals surface area contributed by atoms with Gasteiger partial charge in [-0.05, 0) is 6.42 Å². The fraction of sp³-hybridized carbons (Fsp3) is 0.750. The van der Waals surface area contributed by atoms with Crippen LogP contribution < -0.4 is 0 Å². The van der Waals surface area contributed by atoms with Crippen molar-refractivity contribution in [3.05, 3.63) is 0 Å². The number of rotatable bonds is 5. The van der Waals surface area contributed by atoms with Gasteiger partial charge in [0.1, 0.15) is 6.61 Å². The van der Waals surface area contributed by atoms with Gasteiger partial charge in [-0.3, -0.25) is 9.59 Å². The van der Waals surface area contributed by atoms with Crippen LogP contribution in [-0.4, -0.2) is 18.4 Å². The molecule has 0 unspecified atom stereocenters. The van der Waals surface area contributed by atoms with E-state index in [4.69, 9.17) is 0 Å². The second-order valence-corrected chi connectivity index (χ2v) is 2.30. The van der Waals surface area contributed by atoms with Crippen LogP contribution in [0.15, 0.2) is 0 Å². The van der Waals surface area contributed by atoms with Gasteiger partial charge in [0.15, 0.2) is 5.78 Å². The molecule has 0 aliphatic heterocycles. The van der Waals surface area contributed by atoms with E-state index >= 15 is 0 Å². The molecular formula is C8H14O3. The average molecular weight is 158 g/mol. The summed E-state index contributed by atoms with van der Waals surface area (Å²) in [6.45, 7) is 3.56. The van der Waals surface area contributed by atoms with E-state index in [2.05, 4.69) is 4.74 Å². The largest absolute Gasteiger partial charge is 0.458 e. The Balaban J connectivity index is 3.38. The van der Waals surface area contributed by atoms with Gasteiger partial charge in [-0.2, -0.15) is 0 Å². The molecule has 0 rings (SSSR count). The van der Waals surface area contributed by atoms with Crippen molar-refractivity contribution in [2.45, 2.75) is 33.1 Å². The fourth-order valence-corrected chi connectivity index (χ4v) is 0.614. The van der Waals surface area contributed by atoms with Crippen LogP contribution >= 0.6 is 0 Å². The zero-order valence-electron chi connectivity index (χ0n) is 7.05. The normalized spacial score (nSPS) is 9.27. The van der Waals surface area contributed by atoms with E-state index < -0.39 is 0 Å². The molecule has 0 fully saturated rings. The van der Waals surface area contributed by atoms with Gasteiger partial charge >= 0.3 is 5.97 Å². The first-order valence-electron chi connectivity index (χ1n) is 3.88. The SMILES string of the molecule is CCCC(=O)COC(=O)CC. The molecule has 11 heavy (non-hydrogen) atoms. The lowest BCUT2D eigenvalue weighted by Gasteiger charge is -2.00. The molecule has 64 valence electrons. The van der Waals surface area contributed by atoms with Gasteiger partial charge in [-0.1, -0.05) is 13.8 Å². The zero-order chi connectivity index (χ0) is 8.69. The van der Waals surface area contributed by atoms with Crippen LogP contribution in [0.5, 0.6) is 0 Å². The summed E-state index contributed by atoms with van der Waals surface area (Å²) in [4.78, 5) is 21.3. The highest BCUT2D eigenvalue weighted by atomic mass is 16.5. The van der Waals surface area contributed by atoms with Crippen molar-refractivity contribution in [3.63, 3.8) is 0 Å². The molecule has 0 atom stereocenters. The summed E-state index contributed by atoms with van der Waals surface area (Å²) in [7, 11) is 0. The molecule has 3 nitrogen and oxygen atoms in total. The predicted octanol–water partition coefficient (Wildman–Crippen LogP) is 1.31. The molecule has 0 aliphatic rings. The third kappa shape index (κ3) is 5.58. The van der Waals surface area contributed by atoms with Crippen molar-refractivity contribution >= 4 is 11.8 Å². The molecule has 3 heteroatoms. The lowest BCUT2D eigenvalue weighted by atomic mass is 10.2. The van der Waals surface area contributed by atoms with Crippen molar-refractivity contribution < 1.29 is 14.3 Å². The van der Waals surface area contributed by atoms with Crippen molar-refractivity contribution in [2.24, 2.45) is 0 Å². The summed E-state index contributed by atoms with van der Waals surface area (Å²) in [6, 6.07) is 0. The van der Waals surface area contributed by atoms with Gasteiger partial charge in [-0.15, -0.1) is 0 Å². The quantitative estimate of drug-likeness (QED) is 0.566. The Kier molecular flexibility index (Phi) is 5.43. The minimum Gasteiger partial charge on any atom is -0.458 e. The highest BCUT2D eigenvalue weighted by Gasteiger charge is 2.03. The van der Waals surface area contributed by atoms with E-state index in [1.54, 1.807) is 6.92 Å². The van der Waals surface area contributed by atoms with Gasteiger partial charge in [0, 0.05) is 12.8 Å². The molecule has 0 radical (unpaired) electrons. The third-order valence-electron chi connectivity index (χ3n) is 1.21. The third-order valence-corrected chi connectivity index (χ3v) is 1.21. The van der Waals surface area contributed by atoms with Crippen molar-refractivity contribution in [3.8, 4) is 0 Å². The number of hydrogen-bond acceptors (Lipinski definition) is 3. The Labute approximate surface area is 66.7 Å². The van der Waals surface area contributed by atoms with Gasteiger partial charge in [-0.25, -0.2) is 0 Å². The van der Waals surface area contributed by atoms with E-state index in [0.717, 1.165) is 6.42 Å². The number of ether oxygens (including phenoxy) is 1. The average Bonchev–Trinajstić information content (AvgIpc) is 2.01. The lowest BCUT2D eigenvalue weighted by Crippen LogP contribution is -2.12. The van der Waals surface area contributed by atoms with E-state index in [9.17, 15) is 9.59 Å². The smallest absolute Gasteiger partial charge is 0.305 e. The summed E-state index contributed by atoms with van der Waals surface area (Å²) >= 11 is 0. The minimum absolute atomic E-state index is 0.00528. The molecule has 0 amide bonds.